The van der Waals surface area contributed by atoms with Crippen LogP contribution < -0.4 is 5.32 Å². The minimum absolute atomic E-state index is 0.102. The molecule has 1 aromatic heterocycles. The molecule has 1 N–H and O–H groups in total. The molecular weight excluding hydrogens is 429 g/mol. The molecule has 0 spiro atoms. The summed E-state index contributed by atoms with van der Waals surface area (Å²) in [5, 5.41) is 8.51. The van der Waals surface area contributed by atoms with Crippen molar-refractivity contribution >= 4 is 38.9 Å². The first-order valence-corrected chi connectivity index (χ1v) is 11.4. The maximum Gasteiger partial charge on any atom is 0.182 e. The van der Waals surface area contributed by atoms with Crippen LogP contribution in [-0.4, -0.2) is 18.2 Å². The van der Waals surface area contributed by atoms with Gasteiger partial charge in [-0.2, -0.15) is 5.10 Å². The molecule has 0 aliphatic carbocycles. The van der Waals surface area contributed by atoms with Gasteiger partial charge < -0.3 is 5.32 Å². The van der Waals surface area contributed by atoms with E-state index in [0.717, 1.165) is 17.1 Å². The number of nitrogens with zero attached hydrogens (tertiary/aromatic N) is 2. The van der Waals surface area contributed by atoms with Crippen LogP contribution in [0.5, 0.6) is 0 Å². The van der Waals surface area contributed by atoms with Crippen molar-refractivity contribution in [3.63, 3.8) is 0 Å². The summed E-state index contributed by atoms with van der Waals surface area (Å²) in [6.45, 7) is 3.64. The van der Waals surface area contributed by atoms with Gasteiger partial charge in [0.15, 0.2) is 9.84 Å². The highest BCUT2D eigenvalue weighted by Crippen LogP contribution is 2.41. The normalized spacial score (nSPS) is 16.5. The van der Waals surface area contributed by atoms with E-state index in [9.17, 15) is 8.42 Å². The van der Waals surface area contributed by atoms with Gasteiger partial charge >= 0.3 is 0 Å². The monoisotopic (exact) mass is 447 g/mol. The van der Waals surface area contributed by atoms with E-state index in [1.807, 2.05) is 31.2 Å². The third kappa shape index (κ3) is 3.80. The van der Waals surface area contributed by atoms with Crippen molar-refractivity contribution in [2.75, 3.05) is 5.32 Å². The van der Waals surface area contributed by atoms with Gasteiger partial charge in [-0.05, 0) is 37.1 Å². The van der Waals surface area contributed by atoms with E-state index in [0.29, 0.717) is 21.3 Å². The van der Waals surface area contributed by atoms with Crippen LogP contribution in [0.4, 0.5) is 5.82 Å². The molecule has 3 aromatic rings. The summed E-state index contributed by atoms with van der Waals surface area (Å²) in [5.74, 6) is 0.630. The summed E-state index contributed by atoms with van der Waals surface area (Å²) in [4.78, 5) is 0.273. The minimum Gasteiger partial charge on any atom is -0.343 e. The van der Waals surface area contributed by atoms with Crippen molar-refractivity contribution in [3.8, 4) is 0 Å². The average Bonchev–Trinajstić information content (AvgIpc) is 3.03. The van der Waals surface area contributed by atoms with Crippen molar-refractivity contribution in [2.45, 2.75) is 25.6 Å². The second-order valence-electron chi connectivity index (χ2n) is 7.05. The molecule has 0 fully saturated rings. The van der Waals surface area contributed by atoms with E-state index in [4.69, 9.17) is 23.2 Å². The number of hydrogen-bond donors (Lipinski definition) is 1. The smallest absolute Gasteiger partial charge is 0.182 e. The molecule has 0 radical (unpaired) electrons. The number of allylic oxidation sites excluding steroid dienone is 2. The first-order chi connectivity index (χ1) is 13.8. The molecule has 1 atom stereocenters. The number of rotatable bonds is 4. The van der Waals surface area contributed by atoms with Gasteiger partial charge in [0.05, 0.1) is 26.4 Å². The van der Waals surface area contributed by atoms with Crippen molar-refractivity contribution in [1.29, 1.82) is 0 Å². The van der Waals surface area contributed by atoms with Crippen LogP contribution >= 0.6 is 23.2 Å². The number of anilines is 1. The van der Waals surface area contributed by atoms with Crippen LogP contribution in [0.15, 0.2) is 65.2 Å². The van der Waals surface area contributed by atoms with E-state index in [-0.39, 0.29) is 10.7 Å². The summed E-state index contributed by atoms with van der Waals surface area (Å²) in [7, 11) is -3.66. The first-order valence-electron chi connectivity index (χ1n) is 9.02. The molecule has 2 heterocycles. The van der Waals surface area contributed by atoms with Crippen molar-refractivity contribution < 1.29 is 8.42 Å². The third-order valence-electron chi connectivity index (χ3n) is 4.83. The minimum atomic E-state index is -3.66. The lowest BCUT2D eigenvalue weighted by atomic mass is 10.0. The number of sulfone groups is 1. The predicted octanol–water partition coefficient (Wildman–Crippen LogP) is 5.36. The zero-order chi connectivity index (χ0) is 20.8. The van der Waals surface area contributed by atoms with E-state index in [1.54, 1.807) is 41.9 Å². The van der Waals surface area contributed by atoms with Crippen LogP contribution in [0.2, 0.25) is 10.0 Å². The third-order valence-corrected chi connectivity index (χ3v) is 7.48. The second kappa shape index (κ2) is 7.52. The Hall–Kier alpha value is -2.28. The SMILES string of the molecule is CC1=C(S(=O)(=O)Cc2ccccc2)C(c2ccc(Cl)c(Cl)c2)n2nc(C)cc2N1. The fourth-order valence-corrected chi connectivity index (χ4v) is 5.81. The number of fused-ring (bicyclic) bond motifs is 1. The zero-order valence-electron chi connectivity index (χ0n) is 15.9. The van der Waals surface area contributed by atoms with Crippen LogP contribution in [0.3, 0.4) is 0 Å². The number of nitrogens with one attached hydrogen (secondary N) is 1. The highest BCUT2D eigenvalue weighted by molar-refractivity contribution is 7.94. The lowest BCUT2D eigenvalue weighted by Crippen LogP contribution is -2.29. The van der Waals surface area contributed by atoms with Gasteiger partial charge in [-0.1, -0.05) is 59.6 Å². The molecule has 0 amide bonds. The molecule has 0 saturated heterocycles. The molecule has 1 aliphatic rings. The van der Waals surface area contributed by atoms with Crippen LogP contribution in [0.25, 0.3) is 0 Å². The Bertz CT molecular complexity index is 1220. The molecule has 8 heteroatoms. The van der Waals surface area contributed by atoms with Crippen molar-refractivity contribution in [1.82, 2.24) is 9.78 Å². The Morgan fingerprint density at radius 2 is 1.76 bits per heavy atom. The van der Waals surface area contributed by atoms with Gasteiger partial charge in [0.1, 0.15) is 11.9 Å². The van der Waals surface area contributed by atoms with Crippen LogP contribution in [-0.2, 0) is 15.6 Å². The Balaban J connectivity index is 1.88. The van der Waals surface area contributed by atoms with Gasteiger partial charge in [0.2, 0.25) is 0 Å². The Labute approximate surface area is 179 Å². The molecule has 0 saturated carbocycles. The maximum atomic E-state index is 13.5. The largest absolute Gasteiger partial charge is 0.343 e. The van der Waals surface area contributed by atoms with E-state index in [2.05, 4.69) is 10.4 Å². The van der Waals surface area contributed by atoms with Gasteiger partial charge in [-0.15, -0.1) is 0 Å². The molecule has 5 nitrogen and oxygen atoms in total. The molecule has 1 aliphatic heterocycles. The first kappa shape index (κ1) is 20.0. The second-order valence-corrected chi connectivity index (χ2v) is 9.82. The number of aryl methyl sites for hydroxylation is 1. The predicted molar refractivity (Wildman–Crippen MR) is 117 cm³/mol. The summed E-state index contributed by atoms with van der Waals surface area (Å²) in [6, 6.07) is 15.5. The van der Waals surface area contributed by atoms with Crippen LogP contribution in [0.1, 0.15) is 29.8 Å². The molecule has 1 unspecified atom stereocenters. The Kier molecular flexibility index (Phi) is 5.19. The average molecular weight is 448 g/mol. The summed E-state index contributed by atoms with van der Waals surface area (Å²) in [5.41, 5.74) is 2.79. The van der Waals surface area contributed by atoms with Gasteiger partial charge in [-0.25, -0.2) is 13.1 Å². The quantitative estimate of drug-likeness (QED) is 0.584. The van der Waals surface area contributed by atoms with Gasteiger partial charge in [0, 0.05) is 11.8 Å². The van der Waals surface area contributed by atoms with Crippen molar-refractivity contribution in [2.24, 2.45) is 0 Å². The van der Waals surface area contributed by atoms with E-state index >= 15 is 0 Å². The van der Waals surface area contributed by atoms with E-state index in [1.165, 1.54) is 0 Å². The standard InChI is InChI=1S/C21H19Cl2N3O2S/c1-13-10-19-24-14(2)21(29(27,28)12-15-6-4-3-5-7-15)20(26(19)25-13)16-8-9-17(22)18(23)11-16/h3-11,20,24H,12H2,1-2H3. The molecule has 150 valence electrons. The molecule has 29 heavy (non-hydrogen) atoms. The zero-order valence-corrected chi connectivity index (χ0v) is 18.2. The van der Waals surface area contributed by atoms with E-state index < -0.39 is 15.9 Å². The van der Waals surface area contributed by atoms with Gasteiger partial charge in [0.25, 0.3) is 0 Å². The molecular formula is C21H19Cl2N3O2S. The topological polar surface area (TPSA) is 64.0 Å². The summed E-state index contributed by atoms with van der Waals surface area (Å²) in [6.07, 6.45) is 0. The Morgan fingerprint density at radius 3 is 2.45 bits per heavy atom. The number of aromatic nitrogens is 2. The lowest BCUT2D eigenvalue weighted by molar-refractivity contribution is 0.562. The summed E-state index contributed by atoms with van der Waals surface area (Å²) < 4.78 is 28.7. The number of benzene rings is 2. The number of hydrogen-bond acceptors (Lipinski definition) is 4. The molecule has 2 aromatic carbocycles. The molecule has 4 rings (SSSR count). The highest BCUT2D eigenvalue weighted by Gasteiger charge is 2.36. The molecule has 0 bridgehead atoms. The fourth-order valence-electron chi connectivity index (χ4n) is 3.63. The summed E-state index contributed by atoms with van der Waals surface area (Å²) >= 11 is 12.3. The fraction of sp³-hybridized carbons (Fsp3) is 0.190. The maximum absolute atomic E-state index is 13.5. The number of halogens is 2. The van der Waals surface area contributed by atoms with Crippen molar-refractivity contribution in [3.05, 3.63) is 92.1 Å². The Morgan fingerprint density at radius 1 is 1.03 bits per heavy atom. The highest BCUT2D eigenvalue weighted by atomic mass is 35.5. The lowest BCUT2D eigenvalue weighted by Gasteiger charge is -2.30. The van der Waals surface area contributed by atoms with Crippen LogP contribution in [0, 0.1) is 6.92 Å². The van der Waals surface area contributed by atoms with Gasteiger partial charge in [-0.3, -0.25) is 0 Å².